The van der Waals surface area contributed by atoms with Gasteiger partial charge in [0.2, 0.25) is 0 Å². The molecule has 2 aromatic heterocycles. The minimum Gasteiger partial charge on any atom is -0.508 e. The minimum absolute atomic E-state index is 0.182. The van der Waals surface area contributed by atoms with E-state index in [0.717, 1.165) is 16.0 Å². The second-order valence-electron chi connectivity index (χ2n) is 6.29. The Labute approximate surface area is 177 Å². The molecule has 0 aliphatic heterocycles. The molecule has 0 saturated heterocycles. The minimum atomic E-state index is 0.182. The molecule has 0 fully saturated rings. The molecule has 7 nitrogen and oxygen atoms in total. The molecule has 4 rings (SSSR count). The van der Waals surface area contributed by atoms with Gasteiger partial charge in [0.05, 0.1) is 23.6 Å². The molecule has 2 aromatic carbocycles. The number of azo groups is 1. The summed E-state index contributed by atoms with van der Waals surface area (Å²) in [6.45, 7) is 2.75. The van der Waals surface area contributed by atoms with Crippen molar-refractivity contribution in [3.05, 3.63) is 66.0 Å². The number of aromatic hydroxyl groups is 1. The fourth-order valence-electron chi connectivity index (χ4n) is 3.04. The molecule has 0 amide bonds. The number of rotatable bonds is 6. The maximum atomic E-state index is 9.81. The highest BCUT2D eigenvalue weighted by atomic mass is 32.1. The zero-order valence-corrected chi connectivity index (χ0v) is 16.9. The number of fused-ring (bicyclic) bond motifs is 1. The average molecular weight is 415 g/mol. The van der Waals surface area contributed by atoms with Crippen molar-refractivity contribution in [2.45, 2.75) is 13.5 Å². The fourth-order valence-corrected chi connectivity index (χ4v) is 4.20. The zero-order valence-electron chi connectivity index (χ0n) is 16.1. The van der Waals surface area contributed by atoms with Crippen molar-refractivity contribution in [1.82, 2.24) is 9.97 Å². The van der Waals surface area contributed by atoms with E-state index in [9.17, 15) is 10.4 Å². The highest BCUT2D eigenvalue weighted by Crippen LogP contribution is 2.43. The molecule has 0 radical (unpaired) electrons. The molecule has 2 heterocycles. The van der Waals surface area contributed by atoms with Gasteiger partial charge in [0, 0.05) is 5.56 Å². The van der Waals surface area contributed by atoms with Crippen LogP contribution in [0.2, 0.25) is 0 Å². The van der Waals surface area contributed by atoms with E-state index in [4.69, 9.17) is 4.74 Å². The molecule has 148 valence electrons. The second kappa shape index (κ2) is 8.68. The van der Waals surface area contributed by atoms with Crippen LogP contribution in [0.4, 0.5) is 5.82 Å². The number of para-hydroxylation sites is 1. The van der Waals surface area contributed by atoms with Crippen molar-refractivity contribution in [2.24, 2.45) is 10.2 Å². The Morgan fingerprint density at radius 2 is 2.03 bits per heavy atom. The lowest BCUT2D eigenvalue weighted by atomic mass is 10.1. The Bertz CT molecular complexity index is 1280. The SMILES string of the molecule is CCOc1ccccc1-c1sc2c(N=NCc3cccc(O)c3)ncnc2c1C#N. The molecule has 1 N–H and O–H groups in total. The van der Waals surface area contributed by atoms with Gasteiger partial charge in [-0.1, -0.05) is 24.3 Å². The Balaban J connectivity index is 1.76. The standard InChI is InChI=1S/C22H17N5O2S/c1-2-29-18-9-4-3-8-16(18)20-17(11-23)19-21(30-20)22(25-13-24-19)27-26-12-14-6-5-7-15(28)10-14/h3-10,13,28H,2,12H2,1H3. The molecule has 4 aromatic rings. The largest absolute Gasteiger partial charge is 0.508 e. The van der Waals surface area contributed by atoms with E-state index in [0.29, 0.717) is 40.5 Å². The molecule has 0 aliphatic carbocycles. The number of thiophene rings is 1. The van der Waals surface area contributed by atoms with Gasteiger partial charge in [0.15, 0.2) is 5.82 Å². The van der Waals surface area contributed by atoms with Gasteiger partial charge in [-0.2, -0.15) is 10.4 Å². The Hall–Kier alpha value is -3.83. The molecule has 0 unspecified atom stereocenters. The molecular weight excluding hydrogens is 398 g/mol. The third-order valence-corrected chi connectivity index (χ3v) is 5.53. The van der Waals surface area contributed by atoms with Crippen molar-refractivity contribution in [1.29, 1.82) is 5.26 Å². The number of aromatic nitrogens is 2. The molecule has 0 atom stereocenters. The number of hydrogen-bond donors (Lipinski definition) is 1. The first-order chi connectivity index (χ1) is 14.7. The Morgan fingerprint density at radius 3 is 2.83 bits per heavy atom. The number of phenolic OH excluding ortho intramolecular Hbond substituents is 1. The van der Waals surface area contributed by atoms with Gasteiger partial charge in [-0.3, -0.25) is 0 Å². The van der Waals surface area contributed by atoms with E-state index in [1.807, 2.05) is 37.3 Å². The summed E-state index contributed by atoms with van der Waals surface area (Å²) in [7, 11) is 0. The zero-order chi connectivity index (χ0) is 20.9. The van der Waals surface area contributed by atoms with Crippen LogP contribution in [0, 0.1) is 11.3 Å². The summed E-state index contributed by atoms with van der Waals surface area (Å²) in [5.41, 5.74) is 2.68. The van der Waals surface area contributed by atoms with E-state index in [1.165, 1.54) is 17.7 Å². The maximum absolute atomic E-state index is 9.81. The highest BCUT2D eigenvalue weighted by molar-refractivity contribution is 7.23. The highest BCUT2D eigenvalue weighted by Gasteiger charge is 2.20. The van der Waals surface area contributed by atoms with Crippen molar-refractivity contribution >= 4 is 27.4 Å². The lowest BCUT2D eigenvalue weighted by Crippen LogP contribution is -1.93. The van der Waals surface area contributed by atoms with Crippen LogP contribution in [0.5, 0.6) is 11.5 Å². The normalized spacial score (nSPS) is 11.1. The van der Waals surface area contributed by atoms with E-state index < -0.39 is 0 Å². The topological polar surface area (TPSA) is 104 Å². The predicted molar refractivity (Wildman–Crippen MR) is 115 cm³/mol. The number of nitrogens with zero attached hydrogens (tertiary/aromatic N) is 5. The lowest BCUT2D eigenvalue weighted by molar-refractivity contribution is 0.341. The first-order valence-corrected chi connectivity index (χ1v) is 10.1. The van der Waals surface area contributed by atoms with Gasteiger partial charge in [-0.25, -0.2) is 9.97 Å². The van der Waals surface area contributed by atoms with Crippen LogP contribution in [-0.2, 0) is 6.54 Å². The summed E-state index contributed by atoms with van der Waals surface area (Å²) < 4.78 is 6.43. The Morgan fingerprint density at radius 1 is 1.17 bits per heavy atom. The lowest BCUT2D eigenvalue weighted by Gasteiger charge is -2.08. The summed E-state index contributed by atoms with van der Waals surface area (Å²) >= 11 is 1.40. The van der Waals surface area contributed by atoms with Crippen LogP contribution in [0.25, 0.3) is 20.7 Å². The van der Waals surface area contributed by atoms with Crippen LogP contribution in [0.1, 0.15) is 18.1 Å². The fraction of sp³-hybridized carbons (Fsp3) is 0.136. The summed E-state index contributed by atoms with van der Waals surface area (Å²) in [5, 5.41) is 27.8. The van der Waals surface area contributed by atoms with Crippen LogP contribution < -0.4 is 4.74 Å². The van der Waals surface area contributed by atoms with Crippen molar-refractivity contribution < 1.29 is 9.84 Å². The first kappa shape index (κ1) is 19.5. The quantitative estimate of drug-likeness (QED) is 0.412. The van der Waals surface area contributed by atoms with Crippen LogP contribution in [-0.4, -0.2) is 21.7 Å². The summed E-state index contributed by atoms with van der Waals surface area (Å²) in [6.07, 6.45) is 1.39. The predicted octanol–water partition coefficient (Wildman–Crippen LogP) is 5.62. The first-order valence-electron chi connectivity index (χ1n) is 9.26. The van der Waals surface area contributed by atoms with Crippen LogP contribution in [0.15, 0.2) is 65.1 Å². The molecule has 0 saturated carbocycles. The number of nitriles is 1. The van der Waals surface area contributed by atoms with Gasteiger partial charge in [-0.05, 0) is 36.8 Å². The van der Waals surface area contributed by atoms with Crippen LogP contribution >= 0.6 is 11.3 Å². The monoisotopic (exact) mass is 415 g/mol. The molecule has 0 spiro atoms. The number of ether oxygens (including phenoxy) is 1. The van der Waals surface area contributed by atoms with Crippen LogP contribution in [0.3, 0.4) is 0 Å². The third kappa shape index (κ3) is 3.83. The van der Waals surface area contributed by atoms with Crippen molar-refractivity contribution in [3.63, 3.8) is 0 Å². The number of benzene rings is 2. The Kier molecular flexibility index (Phi) is 5.63. The van der Waals surface area contributed by atoms with Gasteiger partial charge in [0.25, 0.3) is 0 Å². The van der Waals surface area contributed by atoms with Gasteiger partial charge in [-0.15, -0.1) is 16.5 Å². The van der Waals surface area contributed by atoms with E-state index in [-0.39, 0.29) is 5.75 Å². The smallest absolute Gasteiger partial charge is 0.195 e. The molecule has 0 aliphatic rings. The summed E-state index contributed by atoms with van der Waals surface area (Å²) in [6, 6.07) is 16.7. The van der Waals surface area contributed by atoms with Crippen molar-refractivity contribution in [3.8, 4) is 28.0 Å². The van der Waals surface area contributed by atoms with E-state index in [1.54, 1.807) is 18.2 Å². The molecule has 0 bridgehead atoms. The number of hydrogen-bond acceptors (Lipinski definition) is 8. The third-order valence-electron chi connectivity index (χ3n) is 4.33. The average Bonchev–Trinajstić information content (AvgIpc) is 3.14. The summed E-state index contributed by atoms with van der Waals surface area (Å²) in [5.74, 6) is 1.30. The molecule has 30 heavy (non-hydrogen) atoms. The van der Waals surface area contributed by atoms with E-state index in [2.05, 4.69) is 26.3 Å². The van der Waals surface area contributed by atoms with Gasteiger partial charge in [0.1, 0.15) is 34.1 Å². The molecule has 8 heteroatoms. The van der Waals surface area contributed by atoms with Crippen molar-refractivity contribution in [2.75, 3.05) is 6.61 Å². The number of phenols is 1. The van der Waals surface area contributed by atoms with Gasteiger partial charge < -0.3 is 9.84 Å². The maximum Gasteiger partial charge on any atom is 0.195 e. The van der Waals surface area contributed by atoms with E-state index >= 15 is 0 Å². The molecular formula is C22H17N5O2S. The van der Waals surface area contributed by atoms with Gasteiger partial charge >= 0.3 is 0 Å². The second-order valence-corrected chi connectivity index (χ2v) is 7.31. The summed E-state index contributed by atoms with van der Waals surface area (Å²) in [4.78, 5) is 9.32.